The van der Waals surface area contributed by atoms with Crippen LogP contribution < -0.4 is 0 Å². The molecule has 18 heavy (non-hydrogen) atoms. The van der Waals surface area contributed by atoms with Crippen molar-refractivity contribution in [2.45, 2.75) is 51.9 Å². The Morgan fingerprint density at radius 3 is 2.33 bits per heavy atom. The number of rotatable bonds is 11. The van der Waals surface area contributed by atoms with Crippen LogP contribution in [0.1, 0.15) is 51.9 Å². The Bertz CT molecular complexity index is 264. The molecule has 0 amide bonds. The minimum Gasteiger partial charge on any atom is -0.466 e. The summed E-state index contributed by atoms with van der Waals surface area (Å²) in [5, 5.41) is 0. The van der Waals surface area contributed by atoms with Crippen LogP contribution >= 0.6 is 0 Å². The third kappa shape index (κ3) is 14.7. The van der Waals surface area contributed by atoms with E-state index in [1.165, 1.54) is 32.6 Å². The van der Waals surface area contributed by atoms with Crippen molar-refractivity contribution >= 4 is 5.97 Å². The summed E-state index contributed by atoms with van der Waals surface area (Å²) >= 11 is 0. The molecule has 0 bridgehead atoms. The highest BCUT2D eigenvalue weighted by molar-refractivity contribution is 5.65. The molecule has 0 aromatic rings. The van der Waals surface area contributed by atoms with Crippen LogP contribution in [0.15, 0.2) is 37.0 Å². The van der Waals surface area contributed by atoms with Gasteiger partial charge in [-0.15, -0.1) is 0 Å². The Morgan fingerprint density at radius 1 is 1.00 bits per heavy atom. The smallest absolute Gasteiger partial charge is 0.302 e. The van der Waals surface area contributed by atoms with Gasteiger partial charge in [-0.25, -0.2) is 0 Å². The molecule has 0 aromatic carbocycles. The van der Waals surface area contributed by atoms with Crippen molar-refractivity contribution < 1.29 is 9.53 Å². The van der Waals surface area contributed by atoms with Crippen molar-refractivity contribution in [2.75, 3.05) is 6.61 Å². The van der Waals surface area contributed by atoms with Gasteiger partial charge in [0.15, 0.2) is 0 Å². The van der Waals surface area contributed by atoms with Gasteiger partial charge >= 0.3 is 5.97 Å². The molecule has 0 heterocycles. The molecule has 0 rings (SSSR count). The fraction of sp³-hybridized carbons (Fsp3) is 0.562. The van der Waals surface area contributed by atoms with Crippen molar-refractivity contribution in [3.63, 3.8) is 0 Å². The standard InChI is InChI=1S/C16H26O2/c1-3-4-5-6-7-8-9-10-11-12-13-14-15-18-16(2)17/h3-7H,1,8-15H2,2H3. The molecule has 0 saturated carbocycles. The summed E-state index contributed by atoms with van der Waals surface area (Å²) in [4.78, 5) is 10.5. The van der Waals surface area contributed by atoms with Gasteiger partial charge in [0, 0.05) is 6.92 Å². The van der Waals surface area contributed by atoms with E-state index in [1.54, 1.807) is 6.08 Å². The van der Waals surface area contributed by atoms with Crippen molar-refractivity contribution in [1.29, 1.82) is 0 Å². The SMILES string of the molecule is C=CC=CC=CCCCCCCCCOC(C)=O. The average molecular weight is 250 g/mol. The van der Waals surface area contributed by atoms with Gasteiger partial charge in [0.25, 0.3) is 0 Å². The topological polar surface area (TPSA) is 26.3 Å². The number of hydrogen-bond donors (Lipinski definition) is 0. The van der Waals surface area contributed by atoms with E-state index in [0.717, 1.165) is 19.3 Å². The zero-order chi connectivity index (χ0) is 13.5. The maximum atomic E-state index is 10.5. The van der Waals surface area contributed by atoms with Crippen LogP contribution in [-0.2, 0) is 9.53 Å². The fourth-order valence-electron chi connectivity index (χ4n) is 1.60. The highest BCUT2D eigenvalue weighted by Crippen LogP contribution is 2.07. The van der Waals surface area contributed by atoms with Gasteiger partial charge in [0.05, 0.1) is 6.61 Å². The molecule has 0 N–H and O–H groups in total. The minimum atomic E-state index is -0.174. The minimum absolute atomic E-state index is 0.174. The molecule has 0 aliphatic heterocycles. The lowest BCUT2D eigenvalue weighted by Gasteiger charge is -2.01. The van der Waals surface area contributed by atoms with Crippen molar-refractivity contribution in [2.24, 2.45) is 0 Å². The quantitative estimate of drug-likeness (QED) is 0.305. The Kier molecular flexibility index (Phi) is 12.8. The summed E-state index contributed by atoms with van der Waals surface area (Å²) < 4.78 is 4.87. The number of unbranched alkanes of at least 4 members (excludes halogenated alkanes) is 6. The first-order valence-electron chi connectivity index (χ1n) is 6.85. The Hall–Kier alpha value is -1.31. The molecule has 0 saturated heterocycles. The van der Waals surface area contributed by atoms with Gasteiger partial charge in [-0.1, -0.05) is 62.6 Å². The lowest BCUT2D eigenvalue weighted by molar-refractivity contribution is -0.141. The second kappa shape index (κ2) is 13.8. The molecule has 0 spiro atoms. The summed E-state index contributed by atoms with van der Waals surface area (Å²) in [6.07, 6.45) is 18.3. The number of allylic oxidation sites excluding steroid dienone is 5. The number of esters is 1. The first-order valence-corrected chi connectivity index (χ1v) is 6.85. The van der Waals surface area contributed by atoms with E-state index in [9.17, 15) is 4.79 Å². The average Bonchev–Trinajstić information content (AvgIpc) is 2.34. The molecular formula is C16H26O2. The van der Waals surface area contributed by atoms with E-state index >= 15 is 0 Å². The van der Waals surface area contributed by atoms with Gasteiger partial charge in [0.2, 0.25) is 0 Å². The summed E-state index contributed by atoms with van der Waals surface area (Å²) in [7, 11) is 0. The van der Waals surface area contributed by atoms with Crippen LogP contribution in [0, 0.1) is 0 Å². The van der Waals surface area contributed by atoms with E-state index in [0.29, 0.717) is 6.61 Å². The lowest BCUT2D eigenvalue weighted by atomic mass is 10.1. The monoisotopic (exact) mass is 250 g/mol. The third-order valence-corrected chi connectivity index (χ3v) is 2.56. The maximum absolute atomic E-state index is 10.5. The molecular weight excluding hydrogens is 224 g/mol. The molecule has 2 nitrogen and oxygen atoms in total. The van der Waals surface area contributed by atoms with E-state index < -0.39 is 0 Å². The van der Waals surface area contributed by atoms with Gasteiger partial charge < -0.3 is 4.74 Å². The second-order valence-electron chi connectivity index (χ2n) is 4.30. The number of carbonyl (C=O) groups is 1. The molecule has 2 heteroatoms. The van der Waals surface area contributed by atoms with Gasteiger partial charge in [-0.2, -0.15) is 0 Å². The molecule has 0 aliphatic carbocycles. The zero-order valence-electron chi connectivity index (χ0n) is 11.6. The normalized spacial score (nSPS) is 11.2. The van der Waals surface area contributed by atoms with E-state index in [-0.39, 0.29) is 5.97 Å². The van der Waals surface area contributed by atoms with E-state index in [1.807, 2.05) is 12.2 Å². The maximum Gasteiger partial charge on any atom is 0.302 e. The second-order valence-corrected chi connectivity index (χ2v) is 4.30. The summed E-state index contributed by atoms with van der Waals surface area (Å²) in [5.74, 6) is -0.174. The first kappa shape index (κ1) is 16.7. The largest absolute Gasteiger partial charge is 0.466 e. The molecule has 0 radical (unpaired) electrons. The number of hydrogen-bond acceptors (Lipinski definition) is 2. The van der Waals surface area contributed by atoms with Gasteiger partial charge in [-0.3, -0.25) is 4.79 Å². The molecule has 102 valence electrons. The van der Waals surface area contributed by atoms with Crippen molar-refractivity contribution in [3.05, 3.63) is 37.0 Å². The molecule has 0 unspecified atom stereocenters. The summed E-state index contributed by atoms with van der Waals surface area (Å²) in [5.41, 5.74) is 0. The van der Waals surface area contributed by atoms with Crippen LogP contribution in [0.3, 0.4) is 0 Å². The number of ether oxygens (including phenoxy) is 1. The summed E-state index contributed by atoms with van der Waals surface area (Å²) in [6, 6.07) is 0. The van der Waals surface area contributed by atoms with Crippen LogP contribution in [0.5, 0.6) is 0 Å². The molecule has 0 aliphatic rings. The molecule has 0 fully saturated rings. The van der Waals surface area contributed by atoms with Crippen LogP contribution in [0.2, 0.25) is 0 Å². The van der Waals surface area contributed by atoms with Crippen LogP contribution in [-0.4, -0.2) is 12.6 Å². The van der Waals surface area contributed by atoms with E-state index in [4.69, 9.17) is 4.74 Å². The first-order chi connectivity index (χ1) is 8.77. The predicted molar refractivity (Wildman–Crippen MR) is 77.4 cm³/mol. The third-order valence-electron chi connectivity index (χ3n) is 2.56. The van der Waals surface area contributed by atoms with E-state index in [2.05, 4.69) is 18.7 Å². The molecule has 0 atom stereocenters. The Morgan fingerprint density at radius 2 is 1.67 bits per heavy atom. The Labute approximate surface area is 111 Å². The zero-order valence-corrected chi connectivity index (χ0v) is 11.6. The van der Waals surface area contributed by atoms with Crippen molar-refractivity contribution in [1.82, 2.24) is 0 Å². The fourth-order valence-corrected chi connectivity index (χ4v) is 1.60. The van der Waals surface area contributed by atoms with Crippen molar-refractivity contribution in [3.8, 4) is 0 Å². The molecule has 0 aromatic heterocycles. The summed E-state index contributed by atoms with van der Waals surface area (Å²) in [6.45, 7) is 5.64. The Balaban J connectivity index is 3.11. The van der Waals surface area contributed by atoms with Crippen LogP contribution in [0.4, 0.5) is 0 Å². The van der Waals surface area contributed by atoms with Gasteiger partial charge in [0.1, 0.15) is 0 Å². The van der Waals surface area contributed by atoms with Gasteiger partial charge in [-0.05, 0) is 19.3 Å². The highest BCUT2D eigenvalue weighted by atomic mass is 16.5. The lowest BCUT2D eigenvalue weighted by Crippen LogP contribution is -1.99. The highest BCUT2D eigenvalue weighted by Gasteiger charge is 1.93. The number of carbonyl (C=O) groups excluding carboxylic acids is 1. The predicted octanol–water partition coefficient (Wildman–Crippen LogP) is 4.58. The van der Waals surface area contributed by atoms with Crippen LogP contribution in [0.25, 0.3) is 0 Å².